The van der Waals surface area contributed by atoms with E-state index in [1.807, 2.05) is 24.3 Å². The summed E-state index contributed by atoms with van der Waals surface area (Å²) in [6.45, 7) is 0. The first-order chi connectivity index (χ1) is 7.66. The first-order valence-corrected chi connectivity index (χ1v) is 5.11. The molecule has 0 saturated heterocycles. The lowest BCUT2D eigenvalue weighted by molar-refractivity contribution is -0.137. The fourth-order valence-electron chi connectivity index (χ4n) is 1.66. The van der Waals surface area contributed by atoms with E-state index in [-0.39, 0.29) is 12.5 Å². The average Bonchev–Trinajstić information content (AvgIpc) is 2.72. The standard InChI is InChI=1S/C12H13NO3/c13-10(2-4-12(14)15)8-1-3-11-9(7-8)5-6-16-11/h1,3,5-7,10H,2,4,13H2,(H,14,15)/t10-/m0/s1. The summed E-state index contributed by atoms with van der Waals surface area (Å²) in [7, 11) is 0. The fraction of sp³-hybridized carbons (Fsp3) is 0.250. The molecule has 0 aliphatic carbocycles. The Morgan fingerprint density at radius 3 is 3.00 bits per heavy atom. The van der Waals surface area contributed by atoms with Gasteiger partial charge in [0, 0.05) is 17.8 Å². The van der Waals surface area contributed by atoms with E-state index in [4.69, 9.17) is 15.3 Å². The first-order valence-electron chi connectivity index (χ1n) is 5.11. The number of carboxylic acid groups (broad SMARTS) is 1. The Labute approximate surface area is 92.7 Å². The van der Waals surface area contributed by atoms with Crippen LogP contribution in [-0.2, 0) is 4.79 Å². The van der Waals surface area contributed by atoms with Crippen molar-refractivity contribution in [3.8, 4) is 0 Å². The van der Waals surface area contributed by atoms with Crippen molar-refractivity contribution in [3.63, 3.8) is 0 Å². The van der Waals surface area contributed by atoms with Crippen LogP contribution in [0.25, 0.3) is 11.0 Å². The van der Waals surface area contributed by atoms with Crippen LogP contribution in [0.1, 0.15) is 24.4 Å². The molecule has 1 aromatic heterocycles. The zero-order valence-corrected chi connectivity index (χ0v) is 8.72. The van der Waals surface area contributed by atoms with Gasteiger partial charge in [-0.15, -0.1) is 0 Å². The summed E-state index contributed by atoms with van der Waals surface area (Å²) >= 11 is 0. The number of aliphatic carboxylic acids is 1. The summed E-state index contributed by atoms with van der Waals surface area (Å²) in [5.41, 5.74) is 7.66. The van der Waals surface area contributed by atoms with E-state index in [1.165, 1.54) is 0 Å². The minimum atomic E-state index is -0.820. The molecule has 1 aromatic carbocycles. The lowest BCUT2D eigenvalue weighted by atomic mass is 10.0. The molecule has 2 rings (SSSR count). The molecule has 4 nitrogen and oxygen atoms in total. The van der Waals surface area contributed by atoms with Crippen molar-refractivity contribution < 1.29 is 14.3 Å². The van der Waals surface area contributed by atoms with Crippen LogP contribution in [0.15, 0.2) is 34.9 Å². The van der Waals surface area contributed by atoms with Crippen LogP contribution in [0.3, 0.4) is 0 Å². The van der Waals surface area contributed by atoms with Gasteiger partial charge in [-0.1, -0.05) is 6.07 Å². The molecule has 1 heterocycles. The Morgan fingerprint density at radius 2 is 2.25 bits per heavy atom. The van der Waals surface area contributed by atoms with Crippen LogP contribution in [0.5, 0.6) is 0 Å². The van der Waals surface area contributed by atoms with Crippen molar-refractivity contribution in [1.82, 2.24) is 0 Å². The Morgan fingerprint density at radius 1 is 1.44 bits per heavy atom. The summed E-state index contributed by atoms with van der Waals surface area (Å²) in [6, 6.07) is 7.29. The zero-order valence-electron chi connectivity index (χ0n) is 8.72. The molecule has 4 heteroatoms. The number of carbonyl (C=O) groups is 1. The molecule has 16 heavy (non-hydrogen) atoms. The Kier molecular flexibility index (Phi) is 2.92. The van der Waals surface area contributed by atoms with Gasteiger partial charge in [0.05, 0.1) is 6.26 Å². The van der Waals surface area contributed by atoms with Gasteiger partial charge < -0.3 is 15.3 Å². The third kappa shape index (κ3) is 2.23. The Hall–Kier alpha value is -1.81. The number of hydrogen-bond acceptors (Lipinski definition) is 3. The molecule has 3 N–H and O–H groups in total. The molecule has 0 bridgehead atoms. The minimum Gasteiger partial charge on any atom is -0.481 e. The number of nitrogens with two attached hydrogens (primary N) is 1. The lowest BCUT2D eigenvalue weighted by Gasteiger charge is -2.10. The number of rotatable bonds is 4. The van der Waals surface area contributed by atoms with Crippen LogP contribution < -0.4 is 5.73 Å². The monoisotopic (exact) mass is 219 g/mol. The van der Waals surface area contributed by atoms with Gasteiger partial charge in [0.15, 0.2) is 0 Å². The quantitative estimate of drug-likeness (QED) is 0.827. The Bertz CT molecular complexity index is 504. The highest BCUT2D eigenvalue weighted by Crippen LogP contribution is 2.22. The van der Waals surface area contributed by atoms with E-state index in [0.717, 1.165) is 16.5 Å². The predicted molar refractivity (Wildman–Crippen MR) is 60.0 cm³/mol. The summed E-state index contributed by atoms with van der Waals surface area (Å²) in [5, 5.41) is 9.57. The van der Waals surface area contributed by atoms with Crippen molar-refractivity contribution in [2.24, 2.45) is 5.73 Å². The molecule has 0 amide bonds. The number of hydrogen-bond donors (Lipinski definition) is 2. The highest BCUT2D eigenvalue weighted by molar-refractivity contribution is 5.77. The molecule has 0 aliphatic heterocycles. The van der Waals surface area contributed by atoms with Gasteiger partial charge in [0.1, 0.15) is 5.58 Å². The summed E-state index contributed by atoms with van der Waals surface area (Å²) in [4.78, 5) is 10.4. The van der Waals surface area contributed by atoms with E-state index in [9.17, 15) is 4.79 Å². The Balaban J connectivity index is 2.15. The second kappa shape index (κ2) is 4.37. The van der Waals surface area contributed by atoms with E-state index >= 15 is 0 Å². The van der Waals surface area contributed by atoms with Crippen molar-refractivity contribution in [3.05, 3.63) is 36.1 Å². The third-order valence-corrected chi connectivity index (χ3v) is 2.57. The number of fused-ring (bicyclic) bond motifs is 1. The molecule has 0 fully saturated rings. The van der Waals surface area contributed by atoms with Crippen LogP contribution in [0, 0.1) is 0 Å². The zero-order chi connectivity index (χ0) is 11.5. The van der Waals surface area contributed by atoms with Gasteiger partial charge in [-0.3, -0.25) is 4.79 Å². The molecular formula is C12H13NO3. The fourth-order valence-corrected chi connectivity index (χ4v) is 1.66. The molecule has 0 unspecified atom stereocenters. The van der Waals surface area contributed by atoms with E-state index in [1.54, 1.807) is 6.26 Å². The maximum absolute atomic E-state index is 10.4. The number of carboxylic acids is 1. The first kappa shape index (κ1) is 10.7. The minimum absolute atomic E-state index is 0.0879. The maximum atomic E-state index is 10.4. The third-order valence-electron chi connectivity index (χ3n) is 2.57. The van der Waals surface area contributed by atoms with E-state index in [0.29, 0.717) is 6.42 Å². The number of benzene rings is 1. The molecule has 1 atom stereocenters. The average molecular weight is 219 g/mol. The normalized spacial score (nSPS) is 12.8. The van der Waals surface area contributed by atoms with Gasteiger partial charge >= 0.3 is 5.97 Å². The maximum Gasteiger partial charge on any atom is 0.303 e. The number of furan rings is 1. The summed E-state index contributed by atoms with van der Waals surface area (Å²) < 4.78 is 5.22. The van der Waals surface area contributed by atoms with Crippen molar-refractivity contribution in [2.75, 3.05) is 0 Å². The van der Waals surface area contributed by atoms with Gasteiger partial charge in [-0.2, -0.15) is 0 Å². The highest BCUT2D eigenvalue weighted by Gasteiger charge is 2.09. The van der Waals surface area contributed by atoms with Gasteiger partial charge in [0.25, 0.3) is 0 Å². The SMILES string of the molecule is N[C@@H](CCC(=O)O)c1ccc2occc2c1. The smallest absolute Gasteiger partial charge is 0.303 e. The topological polar surface area (TPSA) is 76.5 Å². The van der Waals surface area contributed by atoms with Gasteiger partial charge in [-0.05, 0) is 30.2 Å². The molecule has 0 spiro atoms. The van der Waals surface area contributed by atoms with Gasteiger partial charge in [-0.25, -0.2) is 0 Å². The van der Waals surface area contributed by atoms with Crippen LogP contribution >= 0.6 is 0 Å². The molecule has 0 saturated carbocycles. The van der Waals surface area contributed by atoms with Crippen molar-refractivity contribution in [2.45, 2.75) is 18.9 Å². The van der Waals surface area contributed by atoms with Crippen LogP contribution in [0.2, 0.25) is 0 Å². The summed E-state index contributed by atoms with van der Waals surface area (Å²) in [6.07, 6.45) is 2.15. The predicted octanol–water partition coefficient (Wildman–Crippen LogP) is 2.30. The van der Waals surface area contributed by atoms with Crippen molar-refractivity contribution in [1.29, 1.82) is 0 Å². The van der Waals surface area contributed by atoms with Gasteiger partial charge in [0.2, 0.25) is 0 Å². The van der Waals surface area contributed by atoms with Crippen molar-refractivity contribution >= 4 is 16.9 Å². The van der Waals surface area contributed by atoms with E-state index < -0.39 is 5.97 Å². The lowest BCUT2D eigenvalue weighted by Crippen LogP contribution is -2.12. The highest BCUT2D eigenvalue weighted by atomic mass is 16.4. The van der Waals surface area contributed by atoms with E-state index in [2.05, 4.69) is 0 Å². The second-order valence-corrected chi connectivity index (χ2v) is 3.76. The second-order valence-electron chi connectivity index (χ2n) is 3.76. The molecule has 2 aromatic rings. The summed E-state index contributed by atoms with van der Waals surface area (Å²) in [5.74, 6) is -0.820. The molecule has 0 aliphatic rings. The van der Waals surface area contributed by atoms with Crippen LogP contribution in [0.4, 0.5) is 0 Å². The van der Waals surface area contributed by atoms with Crippen LogP contribution in [-0.4, -0.2) is 11.1 Å². The molecular weight excluding hydrogens is 206 g/mol. The molecule has 84 valence electrons. The molecule has 0 radical (unpaired) electrons. The largest absolute Gasteiger partial charge is 0.481 e.